The third kappa shape index (κ3) is 6.34. The number of Topliss-reactive ketones (excluding diaryl/α,β-unsaturated/α-hetero) is 1. The van der Waals surface area contributed by atoms with Gasteiger partial charge in [0.2, 0.25) is 11.8 Å². The minimum absolute atomic E-state index is 0.0111. The van der Waals surface area contributed by atoms with Crippen LogP contribution < -0.4 is 10.2 Å². The normalized spacial score (nSPS) is 18.3. The number of anilines is 2. The van der Waals surface area contributed by atoms with Crippen LogP contribution in [0.1, 0.15) is 22.3 Å². The van der Waals surface area contributed by atoms with Crippen LogP contribution in [0.4, 0.5) is 11.4 Å². The predicted molar refractivity (Wildman–Crippen MR) is 146 cm³/mol. The van der Waals surface area contributed by atoms with Gasteiger partial charge in [-0.15, -0.1) is 0 Å². The summed E-state index contributed by atoms with van der Waals surface area (Å²) < 4.78 is 0.463. The van der Waals surface area contributed by atoms with Crippen molar-refractivity contribution in [2.75, 3.05) is 60.5 Å². The molecule has 0 aromatic heterocycles. The highest BCUT2D eigenvalue weighted by atomic mass is 127. The zero-order valence-corrected chi connectivity index (χ0v) is 22.2. The van der Waals surface area contributed by atoms with E-state index in [1.54, 1.807) is 12.1 Å². The molecule has 10 heteroatoms. The molecule has 2 amide bonds. The molecule has 0 radical (unpaired) electrons. The summed E-state index contributed by atoms with van der Waals surface area (Å²) in [5, 5.41) is 21.8. The summed E-state index contributed by atoms with van der Waals surface area (Å²) in [6, 6.07) is 12.3. The molecule has 1 atom stereocenters. The SMILES string of the molecule is O=C(CI)c1ccc(N2CCN(C(=O)CN3CC[C@@H](C(=O)Nc4ccc(O)c(CO)c4)C3)CC2)cc1. The number of carbonyl (C=O) groups excluding carboxylic acids is 3. The lowest BCUT2D eigenvalue weighted by atomic mass is 10.1. The van der Waals surface area contributed by atoms with Crippen LogP contribution >= 0.6 is 22.6 Å². The lowest BCUT2D eigenvalue weighted by Crippen LogP contribution is -2.51. The van der Waals surface area contributed by atoms with Crippen LogP contribution in [0.5, 0.6) is 5.75 Å². The van der Waals surface area contributed by atoms with Gasteiger partial charge in [0.15, 0.2) is 5.78 Å². The van der Waals surface area contributed by atoms with Gasteiger partial charge in [0.25, 0.3) is 0 Å². The van der Waals surface area contributed by atoms with Gasteiger partial charge in [0, 0.05) is 55.2 Å². The average Bonchev–Trinajstić information content (AvgIpc) is 3.38. The smallest absolute Gasteiger partial charge is 0.236 e. The number of hydrogen-bond acceptors (Lipinski definition) is 7. The van der Waals surface area contributed by atoms with Crippen molar-refractivity contribution in [2.45, 2.75) is 13.0 Å². The largest absolute Gasteiger partial charge is 0.508 e. The molecular weight excluding hydrogens is 575 g/mol. The van der Waals surface area contributed by atoms with Crippen LogP contribution in [0.3, 0.4) is 0 Å². The van der Waals surface area contributed by atoms with Crippen molar-refractivity contribution in [1.29, 1.82) is 0 Å². The van der Waals surface area contributed by atoms with Crippen LogP contribution in [-0.2, 0) is 16.2 Å². The Bertz CT molecular complexity index is 1100. The van der Waals surface area contributed by atoms with E-state index in [0.717, 1.165) is 24.3 Å². The number of hydrogen-bond donors (Lipinski definition) is 3. The molecule has 2 aromatic carbocycles. The van der Waals surface area contributed by atoms with Gasteiger partial charge in [-0.05, 0) is 55.4 Å². The number of carbonyl (C=O) groups is 3. The van der Waals surface area contributed by atoms with Crippen LogP contribution in [0.25, 0.3) is 0 Å². The number of amides is 2. The second-order valence-corrected chi connectivity index (χ2v) is 9.95. The number of rotatable bonds is 8. The fourth-order valence-corrected chi connectivity index (χ4v) is 5.11. The minimum Gasteiger partial charge on any atom is -0.508 e. The summed E-state index contributed by atoms with van der Waals surface area (Å²) in [5.41, 5.74) is 2.66. The molecule has 9 nitrogen and oxygen atoms in total. The van der Waals surface area contributed by atoms with E-state index >= 15 is 0 Å². The van der Waals surface area contributed by atoms with Gasteiger partial charge in [0.05, 0.1) is 23.5 Å². The van der Waals surface area contributed by atoms with E-state index in [4.69, 9.17) is 0 Å². The molecule has 2 saturated heterocycles. The molecule has 2 aromatic rings. The van der Waals surface area contributed by atoms with Gasteiger partial charge in [0.1, 0.15) is 5.75 Å². The van der Waals surface area contributed by atoms with Gasteiger partial charge in [-0.2, -0.15) is 0 Å². The Morgan fingerprint density at radius 1 is 1.00 bits per heavy atom. The maximum atomic E-state index is 12.9. The monoisotopic (exact) mass is 606 g/mol. The Labute approximate surface area is 224 Å². The number of benzene rings is 2. The second-order valence-electron chi connectivity index (χ2n) is 9.18. The third-order valence-electron chi connectivity index (χ3n) is 6.83. The molecule has 0 saturated carbocycles. The second kappa shape index (κ2) is 12.0. The number of alkyl halides is 1. The van der Waals surface area contributed by atoms with Gasteiger partial charge >= 0.3 is 0 Å². The highest BCUT2D eigenvalue weighted by molar-refractivity contribution is 14.1. The molecule has 2 aliphatic heterocycles. The summed E-state index contributed by atoms with van der Waals surface area (Å²) in [7, 11) is 0. The number of aliphatic hydroxyl groups excluding tert-OH is 1. The number of piperazine rings is 1. The molecular formula is C26H31IN4O5. The van der Waals surface area contributed by atoms with Gasteiger partial charge < -0.3 is 25.3 Å². The Balaban J connectivity index is 1.22. The number of halogens is 1. The summed E-state index contributed by atoms with van der Waals surface area (Å²) >= 11 is 2.07. The first-order chi connectivity index (χ1) is 17.4. The Hall–Kier alpha value is -2.70. The number of ketones is 1. The van der Waals surface area contributed by atoms with E-state index in [2.05, 4.69) is 32.8 Å². The molecule has 2 heterocycles. The Morgan fingerprint density at radius 3 is 2.39 bits per heavy atom. The molecule has 2 aliphatic rings. The number of aromatic hydroxyl groups is 1. The predicted octanol–water partition coefficient (Wildman–Crippen LogP) is 2.11. The first-order valence-electron chi connectivity index (χ1n) is 12.1. The fourth-order valence-electron chi connectivity index (χ4n) is 4.67. The molecule has 0 aliphatic carbocycles. The molecule has 2 fully saturated rings. The maximum Gasteiger partial charge on any atom is 0.236 e. The van der Waals surface area contributed by atoms with Crippen molar-refractivity contribution in [1.82, 2.24) is 9.80 Å². The zero-order chi connectivity index (χ0) is 25.7. The van der Waals surface area contributed by atoms with E-state index in [-0.39, 0.29) is 35.9 Å². The van der Waals surface area contributed by atoms with Crippen molar-refractivity contribution >= 4 is 51.6 Å². The standard InChI is InChI=1S/C26H31IN4O5/c27-14-24(34)18-1-4-22(5-2-18)30-9-11-31(12-10-30)25(35)16-29-8-7-19(15-29)26(36)28-21-3-6-23(33)20(13-21)17-32/h1-6,13,19,32-33H,7-12,14-17H2,(H,28,36)/t19-/m1/s1. The molecule has 0 bridgehead atoms. The van der Waals surface area contributed by atoms with Gasteiger partial charge in [-0.1, -0.05) is 22.6 Å². The fraction of sp³-hybridized carbons (Fsp3) is 0.423. The lowest BCUT2D eigenvalue weighted by Gasteiger charge is -2.36. The van der Waals surface area contributed by atoms with E-state index in [9.17, 15) is 24.6 Å². The van der Waals surface area contributed by atoms with Crippen molar-refractivity contribution in [2.24, 2.45) is 5.92 Å². The van der Waals surface area contributed by atoms with Crippen LogP contribution in [0.15, 0.2) is 42.5 Å². The van der Waals surface area contributed by atoms with E-state index < -0.39 is 0 Å². The van der Waals surface area contributed by atoms with Crippen LogP contribution in [-0.4, -0.2) is 87.9 Å². The van der Waals surface area contributed by atoms with Crippen molar-refractivity contribution in [3.63, 3.8) is 0 Å². The average molecular weight is 606 g/mol. The lowest BCUT2D eigenvalue weighted by molar-refractivity contribution is -0.132. The number of likely N-dealkylation sites (tertiary alicyclic amines) is 1. The molecule has 36 heavy (non-hydrogen) atoms. The molecule has 0 unspecified atom stereocenters. The van der Waals surface area contributed by atoms with E-state index in [1.807, 2.05) is 34.1 Å². The molecule has 4 rings (SSSR count). The highest BCUT2D eigenvalue weighted by Gasteiger charge is 2.31. The molecule has 0 spiro atoms. The van der Waals surface area contributed by atoms with E-state index in [1.165, 1.54) is 6.07 Å². The highest BCUT2D eigenvalue weighted by Crippen LogP contribution is 2.24. The Morgan fingerprint density at radius 2 is 1.72 bits per heavy atom. The number of aliphatic hydroxyl groups is 1. The number of nitrogens with one attached hydrogen (secondary N) is 1. The first-order valence-corrected chi connectivity index (χ1v) is 13.6. The summed E-state index contributed by atoms with van der Waals surface area (Å²) in [4.78, 5) is 43.6. The van der Waals surface area contributed by atoms with Gasteiger partial charge in [-0.25, -0.2) is 0 Å². The summed E-state index contributed by atoms with van der Waals surface area (Å²) in [5.74, 6) is -0.161. The minimum atomic E-state index is -0.310. The number of nitrogens with zero attached hydrogens (tertiary/aromatic N) is 3. The number of phenols is 1. The van der Waals surface area contributed by atoms with Gasteiger partial charge in [-0.3, -0.25) is 19.3 Å². The topological polar surface area (TPSA) is 113 Å². The van der Waals surface area contributed by atoms with Crippen molar-refractivity contribution < 1.29 is 24.6 Å². The van der Waals surface area contributed by atoms with Crippen LogP contribution in [0, 0.1) is 5.92 Å². The molecule has 3 N–H and O–H groups in total. The summed E-state index contributed by atoms with van der Waals surface area (Å²) in [6.45, 7) is 3.93. The quantitative estimate of drug-likeness (QED) is 0.183. The van der Waals surface area contributed by atoms with Crippen LogP contribution in [0.2, 0.25) is 0 Å². The van der Waals surface area contributed by atoms with Crippen molar-refractivity contribution in [3.8, 4) is 5.75 Å². The maximum absolute atomic E-state index is 12.9. The Kier molecular flexibility index (Phi) is 8.81. The third-order valence-corrected chi connectivity index (χ3v) is 7.52. The summed E-state index contributed by atoms with van der Waals surface area (Å²) in [6.07, 6.45) is 0.674. The zero-order valence-electron chi connectivity index (χ0n) is 20.0. The molecule has 192 valence electrons. The first kappa shape index (κ1) is 26.4. The van der Waals surface area contributed by atoms with Crippen molar-refractivity contribution in [3.05, 3.63) is 53.6 Å². The van der Waals surface area contributed by atoms with E-state index in [0.29, 0.717) is 54.8 Å².